The maximum atomic E-state index is 14.3. The van der Waals surface area contributed by atoms with Gasteiger partial charge < -0.3 is 5.11 Å². The Bertz CT molecular complexity index is 1390. The standard InChI is InChI=1S/C19H10F4INO5S/c1-24-16-14(22)12(20)13(21)15(23)17(16)31(28,29)30-25-18(26)9-6-2-4-8-5-3-7-10(11(8)9)19(25)27/h2-7,18,26H,1H2. The topological polar surface area (TPSA) is 83.9 Å². The minimum absolute atomic E-state index is 0.0182. The lowest BCUT2D eigenvalue weighted by Gasteiger charge is -2.31. The van der Waals surface area contributed by atoms with Crippen LogP contribution in [0.3, 0.4) is 0 Å². The normalized spacial score (nSPS) is 16.2. The number of carbonyl (C=O) groups excluding carboxylic acids is 1. The van der Waals surface area contributed by atoms with Gasteiger partial charge in [-0.15, -0.1) is 4.28 Å². The van der Waals surface area contributed by atoms with Crippen LogP contribution >= 0.6 is 20.7 Å². The quantitative estimate of drug-likeness (QED) is 0.225. The van der Waals surface area contributed by atoms with Crippen LogP contribution < -0.4 is 0 Å². The zero-order chi connectivity index (χ0) is 22.7. The molecule has 0 bridgehead atoms. The summed E-state index contributed by atoms with van der Waals surface area (Å²) in [6.07, 6.45) is -1.93. The molecule has 0 saturated carbocycles. The van der Waals surface area contributed by atoms with Crippen molar-refractivity contribution < 1.29 is 40.2 Å². The van der Waals surface area contributed by atoms with E-state index in [4.69, 9.17) is 0 Å². The highest BCUT2D eigenvalue weighted by atomic mass is 127. The third kappa shape index (κ3) is 3.24. The molecule has 6 nitrogen and oxygen atoms in total. The van der Waals surface area contributed by atoms with E-state index in [2.05, 4.69) is 8.80 Å². The largest absolute Gasteiger partial charge is 0.367 e. The minimum atomic E-state index is -5.42. The summed E-state index contributed by atoms with van der Waals surface area (Å²) in [5, 5.41) is 11.6. The first-order valence-corrected chi connectivity index (χ1v) is 12.3. The van der Waals surface area contributed by atoms with E-state index in [0.717, 1.165) is 0 Å². The van der Waals surface area contributed by atoms with Crippen molar-refractivity contribution in [3.63, 3.8) is 0 Å². The van der Waals surface area contributed by atoms with Gasteiger partial charge in [-0.25, -0.2) is 17.6 Å². The van der Waals surface area contributed by atoms with Crippen molar-refractivity contribution in [1.29, 1.82) is 0 Å². The van der Waals surface area contributed by atoms with Crippen LogP contribution in [0, 0.1) is 26.8 Å². The van der Waals surface area contributed by atoms with Crippen molar-refractivity contribution in [2.24, 2.45) is 0 Å². The molecule has 1 atom stereocenters. The molecule has 1 aliphatic rings. The Kier molecular flexibility index (Phi) is 5.36. The summed E-state index contributed by atoms with van der Waals surface area (Å²) >= 11 is -1.86. The van der Waals surface area contributed by atoms with E-state index < -0.39 is 74.7 Å². The third-order valence-corrected chi connectivity index (χ3v) is 7.98. The van der Waals surface area contributed by atoms with Gasteiger partial charge in [0.05, 0.1) is 9.13 Å². The molecule has 0 radical (unpaired) electrons. The first-order chi connectivity index (χ1) is 14.6. The Morgan fingerprint density at radius 1 is 1.00 bits per heavy atom. The number of benzene rings is 3. The number of nitrogens with zero attached hydrogens (tertiary/aromatic N) is 1. The summed E-state index contributed by atoms with van der Waals surface area (Å²) in [4.78, 5) is 11.2. The second kappa shape index (κ2) is 7.62. The molecule has 1 heterocycles. The lowest BCUT2D eigenvalue weighted by Crippen LogP contribution is -2.40. The molecule has 162 valence electrons. The summed E-state index contributed by atoms with van der Waals surface area (Å²) in [7, 11) is -5.42. The molecule has 3 aromatic rings. The van der Waals surface area contributed by atoms with Crippen molar-refractivity contribution in [2.45, 2.75) is 11.1 Å². The second-order valence-electron chi connectivity index (χ2n) is 6.32. The SMILES string of the molecule is C=Ic1c(F)c(F)c(F)c(F)c1S(=O)(=O)ON1C(=O)c2cccc3cccc(c23)C1O. The molecule has 31 heavy (non-hydrogen) atoms. The van der Waals surface area contributed by atoms with Crippen LogP contribution in [0.4, 0.5) is 17.6 Å². The van der Waals surface area contributed by atoms with E-state index in [0.29, 0.717) is 10.8 Å². The molecular formula is C19H10F4INO5S. The number of carbonyl (C=O) groups is 1. The molecule has 0 aromatic heterocycles. The maximum absolute atomic E-state index is 14.3. The lowest BCUT2D eigenvalue weighted by molar-refractivity contribution is -0.135. The monoisotopic (exact) mass is 567 g/mol. The predicted octanol–water partition coefficient (Wildman–Crippen LogP) is 3.74. The Morgan fingerprint density at radius 3 is 2.26 bits per heavy atom. The zero-order valence-corrected chi connectivity index (χ0v) is 18.0. The number of hydroxylamine groups is 2. The highest BCUT2D eigenvalue weighted by Gasteiger charge is 2.40. The summed E-state index contributed by atoms with van der Waals surface area (Å²) in [6, 6.07) is 9.16. The van der Waals surface area contributed by atoms with Gasteiger partial charge in [0.25, 0.3) is 5.91 Å². The summed E-state index contributed by atoms with van der Waals surface area (Å²) in [5.41, 5.74) is 0.0972. The molecule has 1 N–H and O–H groups in total. The highest BCUT2D eigenvalue weighted by Crippen LogP contribution is 2.38. The van der Waals surface area contributed by atoms with Crippen LogP contribution in [-0.2, 0) is 14.4 Å². The van der Waals surface area contributed by atoms with Crippen molar-refractivity contribution >= 4 is 52.0 Å². The van der Waals surface area contributed by atoms with Gasteiger partial charge in [0.15, 0.2) is 34.4 Å². The zero-order valence-electron chi connectivity index (χ0n) is 15.1. The fourth-order valence-corrected chi connectivity index (χ4v) is 6.64. The van der Waals surface area contributed by atoms with Gasteiger partial charge in [-0.3, -0.25) is 4.79 Å². The van der Waals surface area contributed by atoms with Crippen molar-refractivity contribution in [3.05, 3.63) is 74.4 Å². The average Bonchev–Trinajstić information content (AvgIpc) is 2.75. The van der Waals surface area contributed by atoms with E-state index in [1.165, 1.54) is 18.2 Å². The number of amides is 1. The van der Waals surface area contributed by atoms with E-state index >= 15 is 0 Å². The molecule has 1 aliphatic heterocycles. The Labute approximate surface area is 182 Å². The molecule has 4 rings (SSSR count). The molecule has 12 heteroatoms. The van der Waals surface area contributed by atoms with Gasteiger partial charge in [-0.2, -0.15) is 13.5 Å². The van der Waals surface area contributed by atoms with Crippen molar-refractivity contribution in [3.8, 4) is 0 Å². The molecule has 1 unspecified atom stereocenters. The van der Waals surface area contributed by atoms with Crippen LogP contribution in [0.5, 0.6) is 0 Å². The fraction of sp³-hybridized carbons (Fsp3) is 0.0526. The summed E-state index contributed by atoms with van der Waals surface area (Å²) in [5.74, 6) is -9.76. The van der Waals surface area contributed by atoms with Gasteiger partial charge in [0, 0.05) is 10.9 Å². The Morgan fingerprint density at radius 2 is 1.61 bits per heavy atom. The van der Waals surface area contributed by atoms with Crippen molar-refractivity contribution in [1.82, 2.24) is 5.06 Å². The van der Waals surface area contributed by atoms with Gasteiger partial charge in [0.1, 0.15) is 0 Å². The lowest BCUT2D eigenvalue weighted by atomic mass is 9.94. The van der Waals surface area contributed by atoms with Gasteiger partial charge >= 0.3 is 10.1 Å². The van der Waals surface area contributed by atoms with E-state index in [9.17, 15) is 35.9 Å². The number of hydrogen-bond donors (Lipinski definition) is 1. The first-order valence-electron chi connectivity index (χ1n) is 8.32. The maximum Gasteiger partial charge on any atom is 0.322 e. The van der Waals surface area contributed by atoms with Crippen LogP contribution in [0.25, 0.3) is 10.8 Å². The number of halogens is 5. The fourth-order valence-electron chi connectivity index (χ4n) is 3.26. The number of rotatable bonds is 4. The molecule has 0 spiro atoms. The highest BCUT2D eigenvalue weighted by molar-refractivity contribution is 14.2. The van der Waals surface area contributed by atoms with E-state index in [-0.39, 0.29) is 16.2 Å². The van der Waals surface area contributed by atoms with Gasteiger partial charge in [-0.1, -0.05) is 55.6 Å². The average molecular weight is 567 g/mol. The predicted molar refractivity (Wildman–Crippen MR) is 109 cm³/mol. The van der Waals surface area contributed by atoms with Crippen LogP contribution in [0.1, 0.15) is 22.1 Å². The second-order valence-corrected chi connectivity index (χ2v) is 9.62. The molecule has 0 fully saturated rings. The first kappa shape index (κ1) is 21.8. The molecule has 3 aromatic carbocycles. The van der Waals surface area contributed by atoms with E-state index in [1.54, 1.807) is 18.2 Å². The summed E-state index contributed by atoms with van der Waals surface area (Å²) in [6.45, 7) is 0. The van der Waals surface area contributed by atoms with Crippen molar-refractivity contribution in [2.75, 3.05) is 0 Å². The molecule has 0 saturated heterocycles. The van der Waals surface area contributed by atoms with Crippen LogP contribution in [-0.4, -0.2) is 29.0 Å². The van der Waals surface area contributed by atoms with E-state index in [1.807, 2.05) is 0 Å². The number of hydrogen-bond acceptors (Lipinski definition) is 5. The van der Waals surface area contributed by atoms with Gasteiger partial charge in [-0.05, 0) is 11.5 Å². The van der Waals surface area contributed by atoms with Crippen LogP contribution in [0.15, 0.2) is 41.3 Å². The minimum Gasteiger partial charge on any atom is -0.367 e. The molecular weight excluding hydrogens is 557 g/mol. The number of aliphatic hydroxyl groups excluding tert-OH is 1. The smallest absolute Gasteiger partial charge is 0.322 e. The summed E-state index contributed by atoms with van der Waals surface area (Å²) < 4.78 is 88.1. The van der Waals surface area contributed by atoms with Gasteiger partial charge in [0.2, 0.25) is 0 Å². The number of aliphatic hydroxyl groups is 1. The molecule has 1 amide bonds. The van der Waals surface area contributed by atoms with Crippen LogP contribution in [0.2, 0.25) is 0 Å². The Balaban J connectivity index is 1.86. The third-order valence-electron chi connectivity index (χ3n) is 4.60. The molecule has 0 aliphatic carbocycles. The Hall–Kier alpha value is -2.42.